The van der Waals surface area contributed by atoms with E-state index < -0.39 is 11.7 Å². The second-order valence-corrected chi connectivity index (χ2v) is 8.41. The van der Waals surface area contributed by atoms with Crippen LogP contribution < -0.4 is 5.32 Å². The van der Waals surface area contributed by atoms with E-state index in [1.165, 1.54) is 18.2 Å². The van der Waals surface area contributed by atoms with E-state index in [9.17, 15) is 18.0 Å². The van der Waals surface area contributed by atoms with Gasteiger partial charge in [-0.25, -0.2) is 0 Å². The van der Waals surface area contributed by atoms with Crippen LogP contribution in [0.4, 0.5) is 18.9 Å². The molecule has 0 aliphatic rings. The van der Waals surface area contributed by atoms with Crippen LogP contribution in [-0.4, -0.2) is 29.9 Å². The number of furan rings is 1. The summed E-state index contributed by atoms with van der Waals surface area (Å²) in [6.07, 6.45) is 3.49. The van der Waals surface area contributed by atoms with Gasteiger partial charge in [0.1, 0.15) is 11.5 Å². The number of carbonyl (C=O) groups excluding carboxylic acids is 1. The highest BCUT2D eigenvalue weighted by atomic mass is 19.4. The minimum absolute atomic E-state index is 0.352. The molecule has 5 nitrogen and oxygen atoms in total. The number of alkyl halides is 3. The summed E-state index contributed by atoms with van der Waals surface area (Å²) < 4.78 is 45.1. The molecular formula is C28H24F3N3O2. The first kappa shape index (κ1) is 24.9. The topological polar surface area (TPSA) is 58.4 Å². The molecule has 0 unspecified atom stereocenters. The Morgan fingerprint density at radius 3 is 2.56 bits per heavy atom. The number of rotatable bonds is 7. The lowest BCUT2D eigenvalue weighted by molar-refractivity contribution is -0.137. The summed E-state index contributed by atoms with van der Waals surface area (Å²) >= 11 is 0. The molecule has 8 heteroatoms. The zero-order valence-electron chi connectivity index (χ0n) is 19.7. The highest BCUT2D eigenvalue weighted by Gasteiger charge is 2.30. The van der Waals surface area contributed by atoms with Gasteiger partial charge in [0, 0.05) is 40.5 Å². The van der Waals surface area contributed by atoms with Crippen LogP contribution in [0.15, 0.2) is 95.7 Å². The van der Waals surface area contributed by atoms with Gasteiger partial charge in [-0.2, -0.15) is 13.2 Å². The summed E-state index contributed by atoms with van der Waals surface area (Å²) in [4.78, 5) is 18.6. The normalized spacial score (nSPS) is 12.6. The van der Waals surface area contributed by atoms with Gasteiger partial charge < -0.3 is 14.6 Å². The van der Waals surface area contributed by atoms with E-state index in [1.807, 2.05) is 43.3 Å². The van der Waals surface area contributed by atoms with Gasteiger partial charge in [0.2, 0.25) is 5.91 Å². The first-order chi connectivity index (χ1) is 17.2. The van der Waals surface area contributed by atoms with E-state index in [1.54, 1.807) is 36.7 Å². The number of nitrogens with one attached hydrogen (secondary N) is 1. The maximum absolute atomic E-state index is 13.0. The van der Waals surface area contributed by atoms with Crippen molar-refractivity contribution < 1.29 is 22.4 Å². The number of benzene rings is 2. The molecule has 0 fully saturated rings. The van der Waals surface area contributed by atoms with Crippen molar-refractivity contribution in [2.24, 2.45) is 0 Å². The van der Waals surface area contributed by atoms with Crippen molar-refractivity contribution in [2.45, 2.75) is 12.7 Å². The van der Waals surface area contributed by atoms with Gasteiger partial charge in [-0.05, 0) is 56.1 Å². The number of hydrogen-bond acceptors (Lipinski definition) is 4. The van der Waals surface area contributed by atoms with Gasteiger partial charge in [0.05, 0.1) is 12.1 Å². The van der Waals surface area contributed by atoms with Crippen molar-refractivity contribution in [1.29, 1.82) is 0 Å². The Kier molecular flexibility index (Phi) is 7.36. The van der Waals surface area contributed by atoms with E-state index >= 15 is 0 Å². The molecule has 36 heavy (non-hydrogen) atoms. The summed E-state index contributed by atoms with van der Waals surface area (Å²) in [6.45, 7) is 0.569. The third kappa shape index (κ3) is 6.09. The Bertz CT molecular complexity index is 1410. The SMILES string of the molecule is CN(C)Cc1ccc(/C(=C\C=C\C(=O)Nc2cccc3cnccc23)c2ccc(C(F)(F)F)cc2)o1. The zero-order valence-corrected chi connectivity index (χ0v) is 19.7. The number of fused-ring (bicyclic) bond motifs is 1. The largest absolute Gasteiger partial charge is 0.460 e. The van der Waals surface area contributed by atoms with Crippen LogP contribution in [-0.2, 0) is 17.5 Å². The minimum atomic E-state index is -4.43. The van der Waals surface area contributed by atoms with Crippen LogP contribution in [0.3, 0.4) is 0 Å². The molecule has 0 saturated heterocycles. The van der Waals surface area contributed by atoms with Crippen LogP contribution in [0, 0.1) is 0 Å². The van der Waals surface area contributed by atoms with E-state index in [2.05, 4.69) is 10.3 Å². The number of allylic oxidation sites excluding steroid dienone is 2. The molecule has 1 amide bonds. The Morgan fingerprint density at radius 1 is 1.06 bits per heavy atom. The van der Waals surface area contributed by atoms with Crippen molar-refractivity contribution in [2.75, 3.05) is 19.4 Å². The van der Waals surface area contributed by atoms with Crippen LogP contribution >= 0.6 is 0 Å². The highest BCUT2D eigenvalue weighted by molar-refractivity contribution is 6.06. The van der Waals surface area contributed by atoms with Gasteiger partial charge in [-0.15, -0.1) is 0 Å². The van der Waals surface area contributed by atoms with Crippen molar-refractivity contribution in [3.05, 3.63) is 114 Å². The quantitative estimate of drug-likeness (QED) is 0.236. The lowest BCUT2D eigenvalue weighted by Crippen LogP contribution is -2.09. The van der Waals surface area contributed by atoms with E-state index in [0.717, 1.165) is 22.9 Å². The fraction of sp³-hybridized carbons (Fsp3) is 0.143. The van der Waals surface area contributed by atoms with E-state index in [-0.39, 0.29) is 5.91 Å². The fourth-order valence-electron chi connectivity index (χ4n) is 3.72. The third-order valence-electron chi connectivity index (χ3n) is 5.37. The molecule has 0 saturated carbocycles. The molecule has 0 spiro atoms. The van der Waals surface area contributed by atoms with Crippen molar-refractivity contribution in [3.8, 4) is 0 Å². The molecular weight excluding hydrogens is 467 g/mol. The number of pyridine rings is 1. The summed E-state index contributed by atoms with van der Waals surface area (Å²) in [5, 5.41) is 4.61. The summed E-state index contributed by atoms with van der Waals surface area (Å²) in [6, 6.07) is 15.8. The molecule has 2 aromatic heterocycles. The van der Waals surface area contributed by atoms with Crippen LogP contribution in [0.1, 0.15) is 22.6 Å². The molecule has 0 bridgehead atoms. The van der Waals surface area contributed by atoms with Gasteiger partial charge in [0.25, 0.3) is 0 Å². The number of aromatic nitrogens is 1. The summed E-state index contributed by atoms with van der Waals surface area (Å²) in [7, 11) is 3.81. The maximum Gasteiger partial charge on any atom is 0.416 e. The van der Waals surface area contributed by atoms with Crippen LogP contribution in [0.5, 0.6) is 0 Å². The Balaban J connectivity index is 1.61. The van der Waals surface area contributed by atoms with Gasteiger partial charge in [-0.3, -0.25) is 9.78 Å². The number of carbonyl (C=O) groups is 1. The van der Waals surface area contributed by atoms with Crippen LogP contribution in [0.25, 0.3) is 16.3 Å². The lowest BCUT2D eigenvalue weighted by Gasteiger charge is -2.10. The Hall–Kier alpha value is -4.17. The number of anilines is 1. The number of hydrogen-bond donors (Lipinski definition) is 1. The molecule has 184 valence electrons. The predicted octanol–water partition coefficient (Wildman–Crippen LogP) is 6.53. The first-order valence-corrected chi connectivity index (χ1v) is 11.1. The van der Waals surface area contributed by atoms with Gasteiger partial charge in [0.15, 0.2) is 0 Å². The predicted molar refractivity (Wildman–Crippen MR) is 134 cm³/mol. The van der Waals surface area contributed by atoms with Crippen molar-refractivity contribution in [3.63, 3.8) is 0 Å². The lowest BCUT2D eigenvalue weighted by atomic mass is 10.0. The average molecular weight is 492 g/mol. The summed E-state index contributed by atoms with van der Waals surface area (Å²) in [5.41, 5.74) is 0.990. The van der Waals surface area contributed by atoms with Gasteiger partial charge >= 0.3 is 6.18 Å². The van der Waals surface area contributed by atoms with E-state index in [4.69, 9.17) is 4.42 Å². The molecule has 4 rings (SSSR count). The second kappa shape index (κ2) is 10.6. The van der Waals surface area contributed by atoms with Gasteiger partial charge in [-0.1, -0.05) is 36.4 Å². The molecule has 0 aliphatic heterocycles. The standard InChI is InChI=1S/C28H24F3N3O2/c1-34(2)18-22-13-14-26(36-22)24(19-9-11-21(12-10-19)28(29,30)31)6-4-8-27(35)33-25-7-3-5-20-17-32-16-15-23(20)25/h3-17H,18H2,1-2H3,(H,33,35)/b8-4+,24-6-. The van der Waals surface area contributed by atoms with Crippen molar-refractivity contribution in [1.82, 2.24) is 9.88 Å². The number of nitrogens with zero attached hydrogens (tertiary/aromatic N) is 2. The zero-order chi connectivity index (χ0) is 25.7. The molecule has 2 heterocycles. The maximum atomic E-state index is 13.0. The first-order valence-electron chi connectivity index (χ1n) is 11.1. The molecule has 2 aromatic carbocycles. The Morgan fingerprint density at radius 2 is 1.83 bits per heavy atom. The van der Waals surface area contributed by atoms with E-state index in [0.29, 0.717) is 34.9 Å². The molecule has 0 atom stereocenters. The Labute approximate surface area is 206 Å². The molecule has 0 aliphatic carbocycles. The second-order valence-electron chi connectivity index (χ2n) is 8.41. The fourth-order valence-corrected chi connectivity index (χ4v) is 3.72. The minimum Gasteiger partial charge on any atom is -0.460 e. The molecule has 0 radical (unpaired) electrons. The number of halogens is 3. The molecule has 1 N–H and O–H groups in total. The average Bonchev–Trinajstić information content (AvgIpc) is 3.29. The number of amides is 1. The third-order valence-corrected chi connectivity index (χ3v) is 5.37. The van der Waals surface area contributed by atoms with Crippen molar-refractivity contribution >= 4 is 27.9 Å². The summed E-state index contributed by atoms with van der Waals surface area (Å²) in [5.74, 6) is 0.841. The smallest absolute Gasteiger partial charge is 0.416 e. The molecule has 4 aromatic rings. The highest BCUT2D eigenvalue weighted by Crippen LogP contribution is 2.32. The van der Waals surface area contributed by atoms with Crippen LogP contribution in [0.2, 0.25) is 0 Å². The monoisotopic (exact) mass is 491 g/mol.